The SMILES string of the molecule is c1ccc2c(c1)Oc1ccccc1C21c2ccccc2-c2cccc(Nc3ccc4oc5ccccc5c4c3)c21. The van der Waals surface area contributed by atoms with Gasteiger partial charge < -0.3 is 14.5 Å². The zero-order valence-corrected chi connectivity index (χ0v) is 21.5. The number of fused-ring (bicyclic) bond motifs is 12. The van der Waals surface area contributed by atoms with Crippen LogP contribution in [-0.2, 0) is 5.41 Å². The van der Waals surface area contributed by atoms with Crippen molar-refractivity contribution in [3.8, 4) is 22.6 Å². The van der Waals surface area contributed by atoms with E-state index in [1.165, 1.54) is 22.3 Å². The molecule has 1 aliphatic heterocycles. The predicted octanol–water partition coefficient (Wildman–Crippen LogP) is 9.80. The molecule has 1 aliphatic carbocycles. The van der Waals surface area contributed by atoms with Gasteiger partial charge in [-0.15, -0.1) is 0 Å². The Balaban J connectivity index is 1.33. The van der Waals surface area contributed by atoms with E-state index in [1.807, 2.05) is 12.1 Å². The highest BCUT2D eigenvalue weighted by Crippen LogP contribution is 2.63. The van der Waals surface area contributed by atoms with Crippen molar-refractivity contribution < 1.29 is 9.15 Å². The maximum absolute atomic E-state index is 6.50. The molecule has 2 heterocycles. The van der Waals surface area contributed by atoms with Crippen LogP contribution in [0, 0.1) is 0 Å². The Morgan fingerprint density at radius 1 is 0.500 bits per heavy atom. The zero-order valence-electron chi connectivity index (χ0n) is 21.5. The molecule has 188 valence electrons. The third-order valence-electron chi connectivity index (χ3n) is 8.52. The van der Waals surface area contributed by atoms with E-state index in [9.17, 15) is 0 Å². The molecule has 2 aliphatic rings. The number of rotatable bonds is 2. The van der Waals surface area contributed by atoms with E-state index in [0.717, 1.165) is 55.9 Å². The number of ether oxygens (including phenoxy) is 1. The van der Waals surface area contributed by atoms with Gasteiger partial charge in [-0.1, -0.05) is 91.0 Å². The van der Waals surface area contributed by atoms with Gasteiger partial charge in [0, 0.05) is 38.8 Å². The second kappa shape index (κ2) is 7.87. The Morgan fingerprint density at radius 2 is 1.15 bits per heavy atom. The molecule has 7 aromatic rings. The van der Waals surface area contributed by atoms with Gasteiger partial charge in [0.05, 0.1) is 5.41 Å². The standard InChI is InChI=1S/C37H23NO2/c1-3-13-28-24(10-1)26-12-9-16-31(38-23-20-21-33-27(22-23)25-11-2-6-17-32(25)39-33)36(26)37(28)29-14-4-7-18-34(29)40-35-19-8-5-15-30(35)37/h1-22,38H. The molecular weight excluding hydrogens is 490 g/mol. The van der Waals surface area contributed by atoms with Crippen LogP contribution in [0.5, 0.6) is 11.5 Å². The van der Waals surface area contributed by atoms with Crippen LogP contribution in [0.2, 0.25) is 0 Å². The lowest BCUT2D eigenvalue weighted by molar-refractivity contribution is 0.436. The molecule has 1 aromatic heterocycles. The van der Waals surface area contributed by atoms with Crippen molar-refractivity contribution in [2.75, 3.05) is 5.32 Å². The van der Waals surface area contributed by atoms with E-state index >= 15 is 0 Å². The fourth-order valence-electron chi connectivity index (χ4n) is 6.98. The van der Waals surface area contributed by atoms with Gasteiger partial charge in [0.1, 0.15) is 22.7 Å². The summed E-state index contributed by atoms with van der Waals surface area (Å²) in [6.07, 6.45) is 0. The molecule has 0 atom stereocenters. The Morgan fingerprint density at radius 3 is 1.98 bits per heavy atom. The maximum atomic E-state index is 6.50. The average Bonchev–Trinajstić information content (AvgIpc) is 3.52. The van der Waals surface area contributed by atoms with Gasteiger partial charge in [-0.25, -0.2) is 0 Å². The van der Waals surface area contributed by atoms with Crippen molar-refractivity contribution in [2.45, 2.75) is 5.41 Å². The summed E-state index contributed by atoms with van der Waals surface area (Å²) in [5.41, 5.74) is 10.7. The molecule has 1 N–H and O–H groups in total. The predicted molar refractivity (Wildman–Crippen MR) is 161 cm³/mol. The van der Waals surface area contributed by atoms with Crippen molar-refractivity contribution in [3.63, 3.8) is 0 Å². The Hall–Kier alpha value is -5.28. The zero-order chi connectivity index (χ0) is 26.3. The molecule has 9 rings (SSSR count). The second-order valence-electron chi connectivity index (χ2n) is 10.6. The lowest BCUT2D eigenvalue weighted by Gasteiger charge is -2.40. The first-order valence-corrected chi connectivity index (χ1v) is 13.6. The molecule has 40 heavy (non-hydrogen) atoms. The molecular formula is C37H23NO2. The molecule has 3 nitrogen and oxygen atoms in total. The van der Waals surface area contributed by atoms with Crippen LogP contribution in [0.3, 0.4) is 0 Å². The number of para-hydroxylation sites is 3. The van der Waals surface area contributed by atoms with Crippen LogP contribution < -0.4 is 10.1 Å². The van der Waals surface area contributed by atoms with Crippen LogP contribution in [0.15, 0.2) is 138 Å². The summed E-state index contributed by atoms with van der Waals surface area (Å²) in [5.74, 6) is 1.79. The molecule has 0 saturated heterocycles. The summed E-state index contributed by atoms with van der Waals surface area (Å²) in [6, 6.07) is 46.9. The minimum Gasteiger partial charge on any atom is -0.457 e. The van der Waals surface area contributed by atoms with E-state index in [0.29, 0.717) is 0 Å². The molecule has 0 bridgehead atoms. The van der Waals surface area contributed by atoms with Crippen LogP contribution in [0.4, 0.5) is 11.4 Å². The van der Waals surface area contributed by atoms with Gasteiger partial charge in [0.25, 0.3) is 0 Å². The van der Waals surface area contributed by atoms with Crippen LogP contribution in [-0.4, -0.2) is 0 Å². The number of furan rings is 1. The van der Waals surface area contributed by atoms with Crippen molar-refractivity contribution in [2.24, 2.45) is 0 Å². The summed E-state index contributed by atoms with van der Waals surface area (Å²) in [7, 11) is 0. The summed E-state index contributed by atoms with van der Waals surface area (Å²) in [5, 5.41) is 6.06. The quantitative estimate of drug-likeness (QED) is 0.250. The number of hydrogen-bond donors (Lipinski definition) is 1. The lowest BCUT2D eigenvalue weighted by atomic mass is 9.65. The molecule has 0 fully saturated rings. The van der Waals surface area contributed by atoms with Crippen LogP contribution >= 0.6 is 0 Å². The van der Waals surface area contributed by atoms with Crippen LogP contribution in [0.25, 0.3) is 33.1 Å². The first-order chi connectivity index (χ1) is 19.8. The Labute approximate surface area is 231 Å². The summed E-state index contributed by atoms with van der Waals surface area (Å²) in [6.45, 7) is 0. The molecule has 0 unspecified atom stereocenters. The maximum Gasteiger partial charge on any atom is 0.135 e. The van der Waals surface area contributed by atoms with E-state index in [2.05, 4.69) is 127 Å². The molecule has 3 heteroatoms. The highest BCUT2D eigenvalue weighted by atomic mass is 16.5. The van der Waals surface area contributed by atoms with Gasteiger partial charge in [-0.05, 0) is 59.2 Å². The van der Waals surface area contributed by atoms with Crippen LogP contribution in [0.1, 0.15) is 22.3 Å². The summed E-state index contributed by atoms with van der Waals surface area (Å²) in [4.78, 5) is 0. The minimum absolute atomic E-state index is 0.520. The molecule has 0 radical (unpaired) electrons. The molecule has 1 spiro atoms. The van der Waals surface area contributed by atoms with Crippen molar-refractivity contribution in [1.82, 2.24) is 0 Å². The summed E-state index contributed by atoms with van der Waals surface area (Å²) < 4.78 is 12.6. The minimum atomic E-state index is -0.520. The van der Waals surface area contributed by atoms with Gasteiger partial charge in [-0.2, -0.15) is 0 Å². The number of anilines is 2. The molecule has 0 saturated carbocycles. The van der Waals surface area contributed by atoms with E-state index in [1.54, 1.807) is 0 Å². The molecule has 0 amide bonds. The van der Waals surface area contributed by atoms with Crippen molar-refractivity contribution >= 4 is 33.3 Å². The molecule has 6 aromatic carbocycles. The fourth-order valence-corrected chi connectivity index (χ4v) is 6.98. The average molecular weight is 514 g/mol. The first-order valence-electron chi connectivity index (χ1n) is 13.6. The van der Waals surface area contributed by atoms with Gasteiger partial charge in [-0.3, -0.25) is 0 Å². The Bertz CT molecular complexity index is 2090. The van der Waals surface area contributed by atoms with Gasteiger partial charge in [0.2, 0.25) is 0 Å². The van der Waals surface area contributed by atoms with Crippen molar-refractivity contribution in [3.05, 3.63) is 156 Å². The number of hydrogen-bond acceptors (Lipinski definition) is 3. The van der Waals surface area contributed by atoms with E-state index < -0.39 is 5.41 Å². The number of benzene rings is 6. The third-order valence-corrected chi connectivity index (χ3v) is 8.52. The van der Waals surface area contributed by atoms with Crippen molar-refractivity contribution in [1.29, 1.82) is 0 Å². The van der Waals surface area contributed by atoms with Gasteiger partial charge in [0.15, 0.2) is 0 Å². The largest absolute Gasteiger partial charge is 0.457 e. The highest BCUT2D eigenvalue weighted by molar-refractivity contribution is 6.06. The fraction of sp³-hybridized carbons (Fsp3) is 0.0270. The van der Waals surface area contributed by atoms with Gasteiger partial charge >= 0.3 is 0 Å². The monoisotopic (exact) mass is 513 g/mol. The highest BCUT2D eigenvalue weighted by Gasteiger charge is 2.52. The van der Waals surface area contributed by atoms with E-state index in [-0.39, 0.29) is 0 Å². The van der Waals surface area contributed by atoms with E-state index in [4.69, 9.17) is 9.15 Å². The third kappa shape index (κ3) is 2.73. The Kier molecular flexibility index (Phi) is 4.26. The second-order valence-corrected chi connectivity index (χ2v) is 10.6. The number of nitrogens with one attached hydrogen (secondary N) is 1. The normalized spacial score (nSPS) is 13.9. The summed E-state index contributed by atoms with van der Waals surface area (Å²) >= 11 is 0. The lowest BCUT2D eigenvalue weighted by Crippen LogP contribution is -2.32. The smallest absolute Gasteiger partial charge is 0.135 e. The first kappa shape index (κ1) is 21.6. The topological polar surface area (TPSA) is 34.4 Å².